The lowest BCUT2D eigenvalue weighted by Crippen LogP contribution is -2.07. The van der Waals surface area contributed by atoms with Crippen LogP contribution < -0.4 is 11.5 Å². The van der Waals surface area contributed by atoms with Gasteiger partial charge in [0.2, 0.25) is 0 Å². The summed E-state index contributed by atoms with van der Waals surface area (Å²) in [6, 6.07) is 5.68. The fourth-order valence-corrected chi connectivity index (χ4v) is 1.93. The number of anilines is 1. The van der Waals surface area contributed by atoms with Crippen LogP contribution in [0.25, 0.3) is 0 Å². The maximum Gasteiger partial charge on any atom is 0.0995 e. The Kier molecular flexibility index (Phi) is 1.71. The van der Waals surface area contributed by atoms with Crippen LogP contribution in [0.3, 0.4) is 0 Å². The molecule has 1 unspecified atom stereocenters. The molecule has 3 nitrogen and oxygen atoms in total. The number of benzene rings is 1. The van der Waals surface area contributed by atoms with Crippen molar-refractivity contribution in [3.05, 3.63) is 28.8 Å². The van der Waals surface area contributed by atoms with Gasteiger partial charge >= 0.3 is 0 Å². The van der Waals surface area contributed by atoms with Gasteiger partial charge in [0.25, 0.3) is 0 Å². The third-order valence-electron chi connectivity index (χ3n) is 2.59. The average Bonchev–Trinajstić information content (AvgIpc) is 2.51. The first-order valence-corrected chi connectivity index (χ1v) is 4.31. The summed E-state index contributed by atoms with van der Waals surface area (Å²) in [5.41, 5.74) is 15.2. The van der Waals surface area contributed by atoms with E-state index in [4.69, 9.17) is 16.7 Å². The van der Waals surface area contributed by atoms with Gasteiger partial charge in [-0.1, -0.05) is 0 Å². The van der Waals surface area contributed by atoms with Crippen LogP contribution in [0.2, 0.25) is 0 Å². The molecule has 1 atom stereocenters. The molecule has 0 radical (unpaired) electrons. The lowest BCUT2D eigenvalue weighted by Gasteiger charge is -2.08. The molecule has 0 saturated carbocycles. The zero-order valence-electron chi connectivity index (χ0n) is 7.25. The van der Waals surface area contributed by atoms with E-state index in [0.717, 1.165) is 29.7 Å². The third-order valence-corrected chi connectivity index (χ3v) is 2.59. The van der Waals surface area contributed by atoms with Crippen LogP contribution in [0.1, 0.15) is 29.2 Å². The number of rotatable bonds is 0. The van der Waals surface area contributed by atoms with E-state index in [1.165, 1.54) is 0 Å². The smallest absolute Gasteiger partial charge is 0.0995 e. The van der Waals surface area contributed by atoms with E-state index in [2.05, 4.69) is 6.07 Å². The molecule has 66 valence electrons. The molecule has 0 saturated heterocycles. The van der Waals surface area contributed by atoms with Gasteiger partial charge in [-0.15, -0.1) is 0 Å². The predicted molar refractivity (Wildman–Crippen MR) is 50.8 cm³/mol. The standard InChI is InChI=1S/C10H11N3/c11-5-6-1-3-8(12)7-2-4-9(13)10(6)7/h1,3,9H,2,4,12-13H2. The van der Waals surface area contributed by atoms with Gasteiger partial charge in [0.05, 0.1) is 11.6 Å². The van der Waals surface area contributed by atoms with Gasteiger partial charge in [-0.2, -0.15) is 5.26 Å². The van der Waals surface area contributed by atoms with E-state index in [9.17, 15) is 0 Å². The van der Waals surface area contributed by atoms with Gasteiger partial charge in [-0.05, 0) is 36.1 Å². The minimum Gasteiger partial charge on any atom is -0.398 e. The molecule has 1 aromatic rings. The minimum atomic E-state index is -0.00634. The molecule has 0 bridgehead atoms. The normalized spacial score (nSPS) is 19.5. The molecular formula is C10H11N3. The summed E-state index contributed by atoms with van der Waals surface area (Å²) >= 11 is 0. The molecule has 0 amide bonds. The first kappa shape index (κ1) is 8.09. The van der Waals surface area contributed by atoms with E-state index in [1.807, 2.05) is 0 Å². The zero-order valence-corrected chi connectivity index (χ0v) is 7.25. The first-order valence-electron chi connectivity index (χ1n) is 4.31. The second-order valence-electron chi connectivity index (χ2n) is 3.35. The van der Waals surface area contributed by atoms with E-state index < -0.39 is 0 Å². The van der Waals surface area contributed by atoms with Crippen LogP contribution in [-0.2, 0) is 6.42 Å². The zero-order chi connectivity index (χ0) is 9.42. The van der Waals surface area contributed by atoms with Crippen LogP contribution in [0, 0.1) is 11.3 Å². The molecule has 0 heterocycles. The lowest BCUT2D eigenvalue weighted by molar-refractivity contribution is 0.712. The Morgan fingerprint density at radius 2 is 2.23 bits per heavy atom. The van der Waals surface area contributed by atoms with Gasteiger partial charge in [-0.3, -0.25) is 0 Å². The van der Waals surface area contributed by atoms with Crippen LogP contribution in [0.15, 0.2) is 12.1 Å². The Bertz CT molecular complexity index is 390. The summed E-state index contributed by atoms with van der Waals surface area (Å²) in [4.78, 5) is 0. The summed E-state index contributed by atoms with van der Waals surface area (Å²) in [7, 11) is 0. The molecule has 4 N–H and O–H groups in total. The SMILES string of the molecule is N#Cc1ccc(N)c2c1C(N)CC2. The van der Waals surface area contributed by atoms with Crippen LogP contribution in [-0.4, -0.2) is 0 Å². The number of nitriles is 1. The molecule has 3 heteroatoms. The summed E-state index contributed by atoms with van der Waals surface area (Å²) < 4.78 is 0. The van der Waals surface area contributed by atoms with E-state index in [-0.39, 0.29) is 6.04 Å². The van der Waals surface area contributed by atoms with E-state index >= 15 is 0 Å². The molecular weight excluding hydrogens is 162 g/mol. The van der Waals surface area contributed by atoms with Crippen LogP contribution in [0.4, 0.5) is 5.69 Å². The lowest BCUT2D eigenvalue weighted by atomic mass is 10.0. The fraction of sp³-hybridized carbons (Fsp3) is 0.300. The largest absolute Gasteiger partial charge is 0.398 e. The second-order valence-corrected chi connectivity index (χ2v) is 3.35. The highest BCUT2D eigenvalue weighted by Crippen LogP contribution is 2.35. The molecule has 0 fully saturated rings. The van der Waals surface area contributed by atoms with Gasteiger partial charge in [0.1, 0.15) is 0 Å². The summed E-state index contributed by atoms with van der Waals surface area (Å²) in [5, 5.41) is 8.86. The van der Waals surface area contributed by atoms with Gasteiger partial charge in [0, 0.05) is 11.7 Å². The quantitative estimate of drug-likeness (QED) is 0.576. The van der Waals surface area contributed by atoms with E-state index in [1.54, 1.807) is 12.1 Å². The average molecular weight is 173 g/mol. The van der Waals surface area contributed by atoms with Crippen molar-refractivity contribution in [3.8, 4) is 6.07 Å². The minimum absolute atomic E-state index is 0.00634. The van der Waals surface area contributed by atoms with Crippen LogP contribution in [0.5, 0.6) is 0 Å². The molecule has 2 rings (SSSR count). The Balaban J connectivity index is 2.68. The number of fused-ring (bicyclic) bond motifs is 1. The Morgan fingerprint density at radius 3 is 2.92 bits per heavy atom. The summed E-state index contributed by atoms with van der Waals surface area (Å²) in [5.74, 6) is 0. The van der Waals surface area contributed by atoms with Gasteiger partial charge in [-0.25, -0.2) is 0 Å². The third kappa shape index (κ3) is 1.07. The maximum absolute atomic E-state index is 8.86. The van der Waals surface area contributed by atoms with Gasteiger partial charge < -0.3 is 11.5 Å². The van der Waals surface area contributed by atoms with Crippen molar-refractivity contribution < 1.29 is 0 Å². The predicted octanol–water partition coefficient (Wildman–Crippen LogP) is 1.09. The maximum atomic E-state index is 8.86. The fourth-order valence-electron chi connectivity index (χ4n) is 1.93. The van der Waals surface area contributed by atoms with Crippen LogP contribution >= 0.6 is 0 Å². The Morgan fingerprint density at radius 1 is 1.46 bits per heavy atom. The first-order chi connectivity index (χ1) is 6.24. The number of hydrogen-bond donors (Lipinski definition) is 2. The number of hydrogen-bond acceptors (Lipinski definition) is 3. The molecule has 13 heavy (non-hydrogen) atoms. The second kappa shape index (κ2) is 2.75. The highest BCUT2D eigenvalue weighted by atomic mass is 14.7. The summed E-state index contributed by atoms with van der Waals surface area (Å²) in [6.07, 6.45) is 1.80. The summed E-state index contributed by atoms with van der Waals surface area (Å²) in [6.45, 7) is 0. The molecule has 0 spiro atoms. The molecule has 0 aliphatic heterocycles. The molecule has 1 aliphatic rings. The van der Waals surface area contributed by atoms with Crippen molar-refractivity contribution in [3.63, 3.8) is 0 Å². The number of nitrogens with two attached hydrogens (primary N) is 2. The van der Waals surface area contributed by atoms with Crippen molar-refractivity contribution in [1.29, 1.82) is 5.26 Å². The van der Waals surface area contributed by atoms with Crippen molar-refractivity contribution >= 4 is 5.69 Å². The van der Waals surface area contributed by atoms with Crippen molar-refractivity contribution in [2.24, 2.45) is 5.73 Å². The Labute approximate surface area is 77.0 Å². The number of nitrogens with zero attached hydrogens (tertiary/aromatic N) is 1. The molecule has 0 aromatic heterocycles. The topological polar surface area (TPSA) is 75.8 Å². The molecule has 1 aromatic carbocycles. The van der Waals surface area contributed by atoms with Crippen molar-refractivity contribution in [2.45, 2.75) is 18.9 Å². The Hall–Kier alpha value is -1.53. The highest BCUT2D eigenvalue weighted by Gasteiger charge is 2.23. The number of nitrogen functional groups attached to an aromatic ring is 1. The van der Waals surface area contributed by atoms with Crippen molar-refractivity contribution in [2.75, 3.05) is 5.73 Å². The van der Waals surface area contributed by atoms with Crippen molar-refractivity contribution in [1.82, 2.24) is 0 Å². The van der Waals surface area contributed by atoms with E-state index in [0.29, 0.717) is 5.56 Å². The monoisotopic (exact) mass is 173 g/mol. The van der Waals surface area contributed by atoms with Gasteiger partial charge in [0.15, 0.2) is 0 Å². The highest BCUT2D eigenvalue weighted by molar-refractivity contribution is 5.59. The molecule has 1 aliphatic carbocycles.